The Bertz CT molecular complexity index is 1040. The molecule has 0 aliphatic heterocycles. The Kier molecular flexibility index (Phi) is 3.84. The Balaban J connectivity index is 1.82. The molecule has 0 heterocycles. The van der Waals surface area contributed by atoms with E-state index in [0.717, 1.165) is 5.56 Å². The van der Waals surface area contributed by atoms with Gasteiger partial charge in [-0.3, -0.25) is 0 Å². The number of benzene rings is 4. The van der Waals surface area contributed by atoms with Crippen molar-refractivity contribution in [3.63, 3.8) is 0 Å². The van der Waals surface area contributed by atoms with Gasteiger partial charge in [-0.25, -0.2) is 0 Å². The van der Waals surface area contributed by atoms with Crippen LogP contribution in [0.15, 0.2) is 91.0 Å². The van der Waals surface area contributed by atoms with Gasteiger partial charge in [-0.1, -0.05) is 78.6 Å². The molecule has 24 heavy (non-hydrogen) atoms. The normalized spacial score (nSPS) is 10.8. The van der Waals surface area contributed by atoms with Gasteiger partial charge < -0.3 is 0 Å². The Hall–Kier alpha value is -3.30. The van der Waals surface area contributed by atoms with Crippen molar-refractivity contribution in [1.82, 2.24) is 0 Å². The molecule has 0 nitrogen and oxygen atoms in total. The van der Waals surface area contributed by atoms with Crippen LogP contribution in [0.1, 0.15) is 11.1 Å². The average molecular weight is 304 g/mol. The van der Waals surface area contributed by atoms with Gasteiger partial charge in [-0.15, -0.1) is 0 Å². The van der Waals surface area contributed by atoms with E-state index in [4.69, 9.17) is 0 Å². The number of hydrogen-bond donors (Lipinski definition) is 0. The van der Waals surface area contributed by atoms with Crippen LogP contribution in [-0.2, 0) is 0 Å². The summed E-state index contributed by atoms with van der Waals surface area (Å²) >= 11 is 0. The van der Waals surface area contributed by atoms with E-state index in [2.05, 4.69) is 72.5 Å². The topological polar surface area (TPSA) is 0 Å². The van der Waals surface area contributed by atoms with Gasteiger partial charge in [0.25, 0.3) is 0 Å². The van der Waals surface area contributed by atoms with Crippen molar-refractivity contribution in [3.8, 4) is 11.8 Å². The molecule has 0 atom stereocenters. The van der Waals surface area contributed by atoms with Crippen LogP contribution in [0.25, 0.3) is 27.6 Å². The van der Waals surface area contributed by atoms with Gasteiger partial charge in [-0.05, 0) is 57.5 Å². The fourth-order valence-corrected chi connectivity index (χ4v) is 3.00. The molecule has 4 aromatic rings. The van der Waals surface area contributed by atoms with Crippen LogP contribution in [0.5, 0.6) is 0 Å². The molecule has 0 fully saturated rings. The molecule has 0 saturated heterocycles. The van der Waals surface area contributed by atoms with Crippen LogP contribution in [0.3, 0.4) is 0 Å². The van der Waals surface area contributed by atoms with Crippen LogP contribution in [0, 0.1) is 11.8 Å². The van der Waals surface area contributed by atoms with Gasteiger partial charge in [0.2, 0.25) is 0 Å². The molecule has 0 aliphatic rings. The summed E-state index contributed by atoms with van der Waals surface area (Å²) in [5.41, 5.74) is 2.26. The second kappa shape index (κ2) is 6.44. The van der Waals surface area contributed by atoms with Crippen molar-refractivity contribution in [1.29, 1.82) is 0 Å². The van der Waals surface area contributed by atoms with Gasteiger partial charge >= 0.3 is 0 Å². The molecular weight excluding hydrogens is 288 g/mol. The first-order valence-corrected chi connectivity index (χ1v) is 8.05. The summed E-state index contributed by atoms with van der Waals surface area (Å²) in [5.74, 6) is 6.32. The van der Waals surface area contributed by atoms with Gasteiger partial charge in [0.15, 0.2) is 0 Å². The fraction of sp³-hybridized carbons (Fsp3) is 0. The van der Waals surface area contributed by atoms with E-state index in [0.29, 0.717) is 0 Å². The lowest BCUT2D eigenvalue weighted by atomic mass is 9.96. The van der Waals surface area contributed by atoms with Gasteiger partial charge in [0.1, 0.15) is 0 Å². The largest absolute Gasteiger partial charge is 0.0696 e. The van der Waals surface area contributed by atoms with E-state index in [-0.39, 0.29) is 0 Å². The molecule has 0 radical (unpaired) electrons. The predicted octanol–water partition coefficient (Wildman–Crippen LogP) is 6.06. The zero-order valence-corrected chi connectivity index (χ0v) is 13.2. The predicted molar refractivity (Wildman–Crippen MR) is 104 cm³/mol. The highest BCUT2D eigenvalue weighted by atomic mass is 14.1. The van der Waals surface area contributed by atoms with Gasteiger partial charge in [0, 0.05) is 5.56 Å². The Morgan fingerprint density at radius 3 is 1.88 bits per heavy atom. The summed E-state index contributed by atoms with van der Waals surface area (Å²) < 4.78 is 0. The Morgan fingerprint density at radius 1 is 0.625 bits per heavy atom. The molecule has 4 rings (SSSR count). The highest BCUT2D eigenvalue weighted by molar-refractivity contribution is 6.06. The van der Waals surface area contributed by atoms with Crippen molar-refractivity contribution in [2.45, 2.75) is 0 Å². The molecular formula is C24H16. The first-order chi connectivity index (χ1) is 11.9. The van der Waals surface area contributed by atoms with E-state index in [9.17, 15) is 0 Å². The van der Waals surface area contributed by atoms with E-state index in [1.54, 1.807) is 0 Å². The summed E-state index contributed by atoms with van der Waals surface area (Å²) in [6.45, 7) is 0. The summed E-state index contributed by atoms with van der Waals surface area (Å²) in [6, 6.07) is 29.3. The number of rotatable bonds is 1. The number of fused-ring (bicyclic) bond motifs is 2. The molecule has 0 bridgehead atoms. The van der Waals surface area contributed by atoms with Crippen molar-refractivity contribution < 1.29 is 0 Å². The molecule has 4 aromatic carbocycles. The molecule has 0 N–H and O–H groups in total. The fourth-order valence-electron chi connectivity index (χ4n) is 3.00. The summed E-state index contributed by atoms with van der Waals surface area (Å²) in [7, 11) is 0. The molecule has 0 unspecified atom stereocenters. The molecule has 112 valence electrons. The standard InChI is InChI=1S/C24H16/c1-2-10-19(11-3-1)12-4-7-17-24-22-15-8-5-13-20(22)18-21-14-6-9-16-23(21)24/h1-3,5-11,13-18H/b17-7+. The molecule has 0 aromatic heterocycles. The SMILES string of the molecule is C(#Cc1ccccc1)/C=C/c1c2ccccc2cc2ccccc12. The maximum atomic E-state index is 3.17. The minimum Gasteiger partial charge on any atom is -0.0696 e. The molecule has 0 aliphatic carbocycles. The zero-order chi connectivity index (χ0) is 16.2. The van der Waals surface area contributed by atoms with Crippen LogP contribution in [0.4, 0.5) is 0 Å². The quantitative estimate of drug-likeness (QED) is 0.296. The molecule has 0 amide bonds. The van der Waals surface area contributed by atoms with Crippen LogP contribution in [-0.4, -0.2) is 0 Å². The minimum atomic E-state index is 1.03. The third-order valence-electron chi connectivity index (χ3n) is 4.14. The Labute approximate surface area is 142 Å². The maximum Gasteiger partial charge on any atom is 0.0248 e. The van der Waals surface area contributed by atoms with E-state index in [1.807, 2.05) is 36.4 Å². The van der Waals surface area contributed by atoms with Crippen LogP contribution in [0.2, 0.25) is 0 Å². The van der Waals surface area contributed by atoms with E-state index >= 15 is 0 Å². The number of allylic oxidation sites excluding steroid dienone is 1. The summed E-state index contributed by atoms with van der Waals surface area (Å²) in [6.07, 6.45) is 4.07. The smallest absolute Gasteiger partial charge is 0.0248 e. The second-order valence-electron chi connectivity index (χ2n) is 5.70. The van der Waals surface area contributed by atoms with E-state index < -0.39 is 0 Å². The highest BCUT2D eigenvalue weighted by Gasteiger charge is 2.03. The lowest BCUT2D eigenvalue weighted by Gasteiger charge is -2.07. The van der Waals surface area contributed by atoms with Crippen molar-refractivity contribution in [2.24, 2.45) is 0 Å². The van der Waals surface area contributed by atoms with Crippen LogP contribution >= 0.6 is 0 Å². The Morgan fingerprint density at radius 2 is 1.21 bits per heavy atom. The summed E-state index contributed by atoms with van der Waals surface area (Å²) in [4.78, 5) is 0. The third-order valence-corrected chi connectivity index (χ3v) is 4.14. The molecule has 0 heteroatoms. The number of hydrogen-bond acceptors (Lipinski definition) is 0. The zero-order valence-electron chi connectivity index (χ0n) is 13.2. The molecule has 0 spiro atoms. The monoisotopic (exact) mass is 304 g/mol. The van der Waals surface area contributed by atoms with Gasteiger partial charge in [-0.2, -0.15) is 0 Å². The third kappa shape index (κ3) is 2.81. The highest BCUT2D eigenvalue weighted by Crippen LogP contribution is 2.29. The average Bonchev–Trinajstić information content (AvgIpc) is 2.65. The second-order valence-corrected chi connectivity index (χ2v) is 5.70. The minimum absolute atomic E-state index is 1.03. The lowest BCUT2D eigenvalue weighted by Crippen LogP contribution is -1.82. The maximum absolute atomic E-state index is 3.17. The van der Waals surface area contributed by atoms with Crippen LogP contribution < -0.4 is 0 Å². The van der Waals surface area contributed by atoms with Gasteiger partial charge in [0.05, 0.1) is 0 Å². The van der Waals surface area contributed by atoms with Crippen molar-refractivity contribution >= 4 is 27.6 Å². The van der Waals surface area contributed by atoms with E-state index in [1.165, 1.54) is 27.1 Å². The van der Waals surface area contributed by atoms with Crippen molar-refractivity contribution in [3.05, 3.63) is 102 Å². The first-order valence-electron chi connectivity index (χ1n) is 8.05. The van der Waals surface area contributed by atoms with Crippen molar-refractivity contribution in [2.75, 3.05) is 0 Å². The summed E-state index contributed by atoms with van der Waals surface area (Å²) in [5, 5.41) is 5.03. The molecule has 0 saturated carbocycles. The lowest BCUT2D eigenvalue weighted by molar-refractivity contribution is 1.65. The first kappa shape index (κ1) is 14.3.